The van der Waals surface area contributed by atoms with Crippen molar-refractivity contribution < 1.29 is 9.72 Å². The summed E-state index contributed by atoms with van der Waals surface area (Å²) in [4.78, 5) is 29.3. The third-order valence-electron chi connectivity index (χ3n) is 3.54. The molecule has 6 nitrogen and oxygen atoms in total. The number of hydrogen-bond acceptors (Lipinski definition) is 6. The van der Waals surface area contributed by atoms with E-state index in [1.54, 1.807) is 34.8 Å². The monoisotopic (exact) mass is 373 g/mol. The fraction of sp³-hybridized carbons (Fsp3) is 0.176. The van der Waals surface area contributed by atoms with Gasteiger partial charge in [0.1, 0.15) is 5.56 Å². The van der Waals surface area contributed by atoms with E-state index >= 15 is 0 Å². The van der Waals surface area contributed by atoms with Gasteiger partial charge in [-0.25, -0.2) is 4.98 Å². The first-order valence-electron chi connectivity index (χ1n) is 7.57. The van der Waals surface area contributed by atoms with Crippen molar-refractivity contribution in [3.63, 3.8) is 0 Å². The number of amides is 1. The molecule has 128 valence electrons. The van der Waals surface area contributed by atoms with Crippen LogP contribution in [0.1, 0.15) is 20.2 Å². The lowest BCUT2D eigenvalue weighted by Crippen LogP contribution is -2.26. The zero-order valence-electron chi connectivity index (χ0n) is 13.4. The highest BCUT2D eigenvalue weighted by Gasteiger charge is 2.18. The van der Waals surface area contributed by atoms with Crippen LogP contribution in [0.15, 0.2) is 41.8 Å². The molecule has 3 rings (SSSR count). The summed E-state index contributed by atoms with van der Waals surface area (Å²) >= 11 is 3.25. The summed E-state index contributed by atoms with van der Waals surface area (Å²) < 4.78 is 0. The van der Waals surface area contributed by atoms with E-state index in [4.69, 9.17) is 0 Å². The summed E-state index contributed by atoms with van der Waals surface area (Å²) in [5.41, 5.74) is 0.873. The molecule has 2 heterocycles. The summed E-state index contributed by atoms with van der Waals surface area (Å²) in [6.45, 7) is 2.39. The number of carbonyl (C=O) groups is 1. The molecule has 1 N–H and O–H groups in total. The number of para-hydroxylation sites is 1. The van der Waals surface area contributed by atoms with Crippen molar-refractivity contribution in [2.24, 2.45) is 0 Å². The molecule has 0 bridgehead atoms. The first-order chi connectivity index (χ1) is 12.0. The van der Waals surface area contributed by atoms with Crippen LogP contribution < -0.4 is 5.32 Å². The summed E-state index contributed by atoms with van der Waals surface area (Å²) in [6.07, 6.45) is 0.667. The Bertz CT molecular complexity index is 917. The topological polar surface area (TPSA) is 85.1 Å². The fourth-order valence-corrected chi connectivity index (χ4v) is 4.00. The SMILES string of the molecule is Cc1nc(-c2ccc(CCNC(=O)c3ccccc3[N+](=O)[O-])s2)cs1. The van der Waals surface area contributed by atoms with Gasteiger partial charge in [-0.3, -0.25) is 14.9 Å². The lowest BCUT2D eigenvalue weighted by molar-refractivity contribution is -0.385. The molecule has 8 heteroatoms. The molecular formula is C17H15N3O3S2. The van der Waals surface area contributed by atoms with Crippen LogP contribution in [0.2, 0.25) is 0 Å². The van der Waals surface area contributed by atoms with Crippen LogP contribution in [0.5, 0.6) is 0 Å². The molecule has 0 unspecified atom stereocenters. The molecule has 25 heavy (non-hydrogen) atoms. The third kappa shape index (κ3) is 4.09. The van der Waals surface area contributed by atoms with Crippen LogP contribution in [0.3, 0.4) is 0 Å². The van der Waals surface area contributed by atoms with Gasteiger partial charge in [0, 0.05) is 22.9 Å². The van der Waals surface area contributed by atoms with Crippen LogP contribution in [0.4, 0.5) is 5.69 Å². The zero-order chi connectivity index (χ0) is 17.8. The first kappa shape index (κ1) is 17.2. The van der Waals surface area contributed by atoms with Crippen molar-refractivity contribution in [2.45, 2.75) is 13.3 Å². The number of nitrogens with zero attached hydrogens (tertiary/aromatic N) is 2. The van der Waals surface area contributed by atoms with Crippen molar-refractivity contribution in [2.75, 3.05) is 6.54 Å². The Hall–Kier alpha value is -2.58. The standard InChI is InChI=1S/C17H15N3O3S2/c1-11-19-14(10-24-11)16-7-6-12(25-16)8-9-18-17(21)13-4-2-3-5-15(13)20(22)23/h2-7,10H,8-9H2,1H3,(H,18,21). The van der Waals surface area contributed by atoms with Crippen molar-refractivity contribution >= 4 is 34.3 Å². The van der Waals surface area contributed by atoms with Crippen LogP contribution in [-0.4, -0.2) is 22.4 Å². The van der Waals surface area contributed by atoms with Gasteiger partial charge in [-0.2, -0.15) is 0 Å². The number of hydrogen-bond donors (Lipinski definition) is 1. The number of aromatic nitrogens is 1. The normalized spacial score (nSPS) is 10.6. The molecule has 0 atom stereocenters. The van der Waals surface area contributed by atoms with Crippen LogP contribution >= 0.6 is 22.7 Å². The Morgan fingerprint density at radius 2 is 2.08 bits per heavy atom. The van der Waals surface area contributed by atoms with E-state index in [-0.39, 0.29) is 11.3 Å². The highest BCUT2D eigenvalue weighted by Crippen LogP contribution is 2.29. The van der Waals surface area contributed by atoms with Crippen molar-refractivity contribution in [1.29, 1.82) is 0 Å². The number of benzene rings is 1. The van der Waals surface area contributed by atoms with Gasteiger partial charge in [-0.15, -0.1) is 22.7 Å². The zero-order valence-corrected chi connectivity index (χ0v) is 15.0. The lowest BCUT2D eigenvalue weighted by atomic mass is 10.1. The quantitative estimate of drug-likeness (QED) is 0.521. The molecule has 0 saturated carbocycles. The predicted molar refractivity (Wildman–Crippen MR) is 99.3 cm³/mol. The maximum absolute atomic E-state index is 12.2. The largest absolute Gasteiger partial charge is 0.351 e. The molecule has 0 aliphatic heterocycles. The Balaban J connectivity index is 1.59. The second-order valence-corrected chi connectivity index (χ2v) is 7.53. The summed E-state index contributed by atoms with van der Waals surface area (Å²) in [7, 11) is 0. The molecule has 1 aromatic carbocycles. The number of thiazole rings is 1. The van der Waals surface area contributed by atoms with Gasteiger partial charge in [0.2, 0.25) is 0 Å². The van der Waals surface area contributed by atoms with Gasteiger partial charge < -0.3 is 5.32 Å². The summed E-state index contributed by atoms with van der Waals surface area (Å²) in [5, 5.41) is 16.8. The summed E-state index contributed by atoms with van der Waals surface area (Å²) in [6, 6.07) is 9.99. The van der Waals surface area contributed by atoms with Gasteiger partial charge >= 0.3 is 0 Å². The molecule has 2 aromatic heterocycles. The van der Waals surface area contributed by atoms with Crippen LogP contribution in [0, 0.1) is 17.0 Å². The Morgan fingerprint density at radius 1 is 1.28 bits per heavy atom. The summed E-state index contributed by atoms with van der Waals surface area (Å²) in [5.74, 6) is -0.431. The van der Waals surface area contributed by atoms with E-state index in [0.717, 1.165) is 20.5 Å². The Labute approximate surface area is 152 Å². The molecule has 0 aliphatic carbocycles. The number of aryl methyl sites for hydroxylation is 1. The number of nitrogens with one attached hydrogen (secondary N) is 1. The first-order valence-corrected chi connectivity index (χ1v) is 9.27. The minimum atomic E-state index is -0.545. The molecule has 0 saturated heterocycles. The van der Waals surface area contributed by atoms with E-state index < -0.39 is 10.8 Å². The van der Waals surface area contributed by atoms with Crippen molar-refractivity contribution in [3.05, 3.63) is 67.3 Å². The minimum absolute atomic E-state index is 0.0808. The van der Waals surface area contributed by atoms with E-state index in [0.29, 0.717) is 13.0 Å². The molecule has 0 fully saturated rings. The highest BCUT2D eigenvalue weighted by molar-refractivity contribution is 7.16. The van der Waals surface area contributed by atoms with Gasteiger partial charge in [-0.1, -0.05) is 12.1 Å². The molecule has 3 aromatic rings. The highest BCUT2D eigenvalue weighted by atomic mass is 32.1. The Morgan fingerprint density at radius 3 is 2.80 bits per heavy atom. The minimum Gasteiger partial charge on any atom is -0.351 e. The van der Waals surface area contributed by atoms with E-state index in [9.17, 15) is 14.9 Å². The third-order valence-corrected chi connectivity index (χ3v) is 5.48. The molecule has 0 aliphatic rings. The maximum atomic E-state index is 12.2. The number of nitro groups is 1. The van der Waals surface area contributed by atoms with E-state index in [1.807, 2.05) is 24.4 Å². The number of nitro benzene ring substituents is 1. The van der Waals surface area contributed by atoms with Gasteiger partial charge in [0.05, 0.1) is 20.5 Å². The van der Waals surface area contributed by atoms with Crippen LogP contribution in [0.25, 0.3) is 10.6 Å². The fourth-order valence-electron chi connectivity index (χ4n) is 2.35. The number of thiophene rings is 1. The molecule has 0 radical (unpaired) electrons. The second kappa shape index (κ2) is 7.54. The second-order valence-electron chi connectivity index (χ2n) is 5.30. The molecule has 0 spiro atoms. The van der Waals surface area contributed by atoms with Gasteiger partial charge in [0.15, 0.2) is 0 Å². The number of carbonyl (C=O) groups excluding carboxylic acids is 1. The van der Waals surface area contributed by atoms with Gasteiger partial charge in [-0.05, 0) is 31.5 Å². The average Bonchev–Trinajstić information content (AvgIpc) is 3.23. The molecular weight excluding hydrogens is 358 g/mol. The van der Waals surface area contributed by atoms with Crippen LogP contribution in [-0.2, 0) is 6.42 Å². The van der Waals surface area contributed by atoms with Crippen molar-refractivity contribution in [1.82, 2.24) is 10.3 Å². The maximum Gasteiger partial charge on any atom is 0.282 e. The smallest absolute Gasteiger partial charge is 0.282 e. The van der Waals surface area contributed by atoms with E-state index in [2.05, 4.69) is 10.3 Å². The average molecular weight is 373 g/mol. The van der Waals surface area contributed by atoms with Crippen molar-refractivity contribution in [3.8, 4) is 10.6 Å². The number of rotatable bonds is 6. The van der Waals surface area contributed by atoms with Gasteiger partial charge in [0.25, 0.3) is 11.6 Å². The Kier molecular flexibility index (Phi) is 5.20. The van der Waals surface area contributed by atoms with E-state index in [1.165, 1.54) is 12.1 Å². The molecule has 1 amide bonds. The lowest BCUT2D eigenvalue weighted by Gasteiger charge is -2.04. The predicted octanol–water partition coefficient (Wildman–Crippen LogP) is 4.06.